The number of allylic oxidation sites excluding steroid dienone is 3. The van der Waals surface area contributed by atoms with Gasteiger partial charge in [-0.15, -0.1) is 0 Å². The summed E-state index contributed by atoms with van der Waals surface area (Å²) in [5, 5.41) is 2.57. The second kappa shape index (κ2) is 5.01. The smallest absolute Gasteiger partial charge is 0.0465 e. The molecular formula is C19H19N. The quantitative estimate of drug-likeness (QED) is 0.595. The Hall–Kier alpha value is -2.28. The minimum Gasteiger partial charge on any atom is -0.355 e. The molecule has 0 saturated carbocycles. The topological polar surface area (TPSA) is 15.8 Å². The van der Waals surface area contributed by atoms with Gasteiger partial charge in [-0.1, -0.05) is 56.8 Å². The SMILES string of the molecule is C=C/C=C(/c1ccc2[nH]c3ccccc3c2c1)C(C)C. The molecule has 0 aliphatic heterocycles. The second-order valence-corrected chi connectivity index (χ2v) is 5.44. The van der Waals surface area contributed by atoms with Crippen LogP contribution in [-0.2, 0) is 0 Å². The maximum atomic E-state index is 3.83. The van der Waals surface area contributed by atoms with Crippen molar-refractivity contribution in [1.29, 1.82) is 0 Å². The zero-order valence-corrected chi connectivity index (χ0v) is 12.0. The maximum Gasteiger partial charge on any atom is 0.0465 e. The van der Waals surface area contributed by atoms with E-state index in [0.29, 0.717) is 5.92 Å². The van der Waals surface area contributed by atoms with Crippen molar-refractivity contribution in [2.45, 2.75) is 13.8 Å². The van der Waals surface area contributed by atoms with Gasteiger partial charge in [0.15, 0.2) is 0 Å². The number of fused-ring (bicyclic) bond motifs is 3. The van der Waals surface area contributed by atoms with Crippen LogP contribution in [0.2, 0.25) is 0 Å². The van der Waals surface area contributed by atoms with E-state index in [9.17, 15) is 0 Å². The van der Waals surface area contributed by atoms with E-state index in [4.69, 9.17) is 0 Å². The highest BCUT2D eigenvalue weighted by Crippen LogP contribution is 2.30. The van der Waals surface area contributed by atoms with Gasteiger partial charge in [-0.3, -0.25) is 0 Å². The first-order valence-corrected chi connectivity index (χ1v) is 7.04. The fourth-order valence-electron chi connectivity index (χ4n) is 2.78. The van der Waals surface area contributed by atoms with E-state index < -0.39 is 0 Å². The van der Waals surface area contributed by atoms with Crippen molar-refractivity contribution in [3.8, 4) is 0 Å². The summed E-state index contributed by atoms with van der Waals surface area (Å²) in [6, 6.07) is 15.1. The molecular weight excluding hydrogens is 242 g/mol. The maximum absolute atomic E-state index is 3.83. The molecule has 100 valence electrons. The van der Waals surface area contributed by atoms with Crippen LogP contribution in [0.15, 0.2) is 61.2 Å². The summed E-state index contributed by atoms with van der Waals surface area (Å²) in [5.41, 5.74) is 4.99. The van der Waals surface area contributed by atoms with Crippen molar-refractivity contribution in [2.24, 2.45) is 5.92 Å². The number of aromatic nitrogens is 1. The molecule has 0 radical (unpaired) electrons. The number of para-hydroxylation sites is 1. The zero-order chi connectivity index (χ0) is 14.1. The Morgan fingerprint density at radius 2 is 1.80 bits per heavy atom. The van der Waals surface area contributed by atoms with Gasteiger partial charge in [0.05, 0.1) is 0 Å². The van der Waals surface area contributed by atoms with Crippen LogP contribution in [0.1, 0.15) is 19.4 Å². The lowest BCUT2D eigenvalue weighted by molar-refractivity contribution is 0.856. The number of benzene rings is 2. The molecule has 1 heteroatoms. The molecule has 0 fully saturated rings. The first-order valence-electron chi connectivity index (χ1n) is 7.04. The van der Waals surface area contributed by atoms with Crippen molar-refractivity contribution < 1.29 is 0 Å². The Morgan fingerprint density at radius 3 is 2.55 bits per heavy atom. The fraction of sp³-hybridized carbons (Fsp3) is 0.158. The minimum atomic E-state index is 0.482. The van der Waals surface area contributed by atoms with E-state index >= 15 is 0 Å². The van der Waals surface area contributed by atoms with Crippen LogP contribution < -0.4 is 0 Å². The Balaban J connectivity index is 2.26. The standard InChI is InChI=1S/C19H19N/c1-4-7-15(13(2)3)14-10-11-19-17(12-14)16-8-5-6-9-18(16)20-19/h4-13,20H,1H2,2-3H3/b15-7+. The average molecular weight is 261 g/mol. The Labute approximate surface area is 119 Å². The third-order valence-corrected chi connectivity index (χ3v) is 3.76. The molecule has 2 aromatic carbocycles. The third kappa shape index (κ3) is 2.05. The molecule has 0 saturated heterocycles. The van der Waals surface area contributed by atoms with Gasteiger partial charge in [-0.2, -0.15) is 0 Å². The van der Waals surface area contributed by atoms with Crippen LogP contribution in [-0.4, -0.2) is 4.98 Å². The fourth-order valence-corrected chi connectivity index (χ4v) is 2.78. The van der Waals surface area contributed by atoms with Gasteiger partial charge in [0, 0.05) is 21.8 Å². The van der Waals surface area contributed by atoms with Crippen molar-refractivity contribution >= 4 is 27.4 Å². The van der Waals surface area contributed by atoms with Crippen molar-refractivity contribution in [1.82, 2.24) is 4.98 Å². The summed E-state index contributed by atoms with van der Waals surface area (Å²) in [5.74, 6) is 0.482. The Morgan fingerprint density at radius 1 is 1.05 bits per heavy atom. The number of H-pyrrole nitrogens is 1. The summed E-state index contributed by atoms with van der Waals surface area (Å²) in [4.78, 5) is 3.47. The van der Waals surface area contributed by atoms with E-state index in [1.807, 2.05) is 6.08 Å². The zero-order valence-electron chi connectivity index (χ0n) is 12.0. The largest absolute Gasteiger partial charge is 0.355 e. The van der Waals surface area contributed by atoms with E-state index in [2.05, 4.69) is 74.0 Å². The highest BCUT2D eigenvalue weighted by molar-refractivity contribution is 6.08. The van der Waals surface area contributed by atoms with Crippen LogP contribution in [0.25, 0.3) is 27.4 Å². The van der Waals surface area contributed by atoms with Gasteiger partial charge in [0.25, 0.3) is 0 Å². The molecule has 0 unspecified atom stereocenters. The summed E-state index contributed by atoms with van der Waals surface area (Å²) in [7, 11) is 0. The molecule has 0 bridgehead atoms. The van der Waals surface area contributed by atoms with Crippen molar-refractivity contribution in [3.05, 3.63) is 66.8 Å². The first kappa shape index (κ1) is 12.7. The van der Waals surface area contributed by atoms with Crippen LogP contribution in [0.5, 0.6) is 0 Å². The number of rotatable bonds is 3. The van der Waals surface area contributed by atoms with Crippen LogP contribution in [0, 0.1) is 5.92 Å². The third-order valence-electron chi connectivity index (χ3n) is 3.76. The Kier molecular flexibility index (Phi) is 3.19. The molecule has 20 heavy (non-hydrogen) atoms. The molecule has 1 heterocycles. The summed E-state index contributed by atoms with van der Waals surface area (Å²) in [6.45, 7) is 8.26. The predicted octanol–water partition coefficient (Wildman–Crippen LogP) is 5.55. The predicted molar refractivity (Wildman–Crippen MR) is 88.8 cm³/mol. The molecule has 0 spiro atoms. The lowest BCUT2D eigenvalue weighted by Gasteiger charge is -2.11. The van der Waals surface area contributed by atoms with Gasteiger partial charge in [-0.05, 0) is 35.3 Å². The van der Waals surface area contributed by atoms with Gasteiger partial charge in [0.1, 0.15) is 0 Å². The Bertz CT molecular complexity index is 803. The number of hydrogen-bond donors (Lipinski definition) is 1. The lowest BCUT2D eigenvalue weighted by Crippen LogP contribution is -1.93. The second-order valence-electron chi connectivity index (χ2n) is 5.44. The van der Waals surface area contributed by atoms with Crippen molar-refractivity contribution in [2.75, 3.05) is 0 Å². The number of hydrogen-bond acceptors (Lipinski definition) is 0. The van der Waals surface area contributed by atoms with E-state index in [-0.39, 0.29) is 0 Å². The van der Waals surface area contributed by atoms with Crippen molar-refractivity contribution in [3.63, 3.8) is 0 Å². The highest BCUT2D eigenvalue weighted by Gasteiger charge is 2.09. The average Bonchev–Trinajstić information content (AvgIpc) is 2.82. The summed E-state index contributed by atoms with van der Waals surface area (Å²) < 4.78 is 0. The molecule has 0 atom stereocenters. The highest BCUT2D eigenvalue weighted by atomic mass is 14.7. The normalized spacial score (nSPS) is 12.4. The minimum absolute atomic E-state index is 0.482. The van der Waals surface area contributed by atoms with Crippen LogP contribution in [0.3, 0.4) is 0 Å². The van der Waals surface area contributed by atoms with Gasteiger partial charge >= 0.3 is 0 Å². The van der Waals surface area contributed by atoms with E-state index in [0.717, 1.165) is 0 Å². The molecule has 3 aromatic rings. The lowest BCUT2D eigenvalue weighted by atomic mass is 9.94. The molecule has 1 nitrogen and oxygen atoms in total. The summed E-state index contributed by atoms with van der Waals surface area (Å²) in [6.07, 6.45) is 3.98. The molecule has 0 aliphatic carbocycles. The van der Waals surface area contributed by atoms with Gasteiger partial charge < -0.3 is 4.98 Å². The van der Waals surface area contributed by atoms with Gasteiger partial charge in [0.2, 0.25) is 0 Å². The number of aromatic amines is 1. The number of nitrogens with one attached hydrogen (secondary N) is 1. The summed E-state index contributed by atoms with van der Waals surface area (Å²) >= 11 is 0. The molecule has 3 rings (SSSR count). The molecule has 1 N–H and O–H groups in total. The monoisotopic (exact) mass is 261 g/mol. The van der Waals surface area contributed by atoms with Gasteiger partial charge in [-0.25, -0.2) is 0 Å². The molecule has 1 aromatic heterocycles. The van der Waals surface area contributed by atoms with E-state index in [1.54, 1.807) is 0 Å². The molecule has 0 amide bonds. The first-order chi connectivity index (χ1) is 9.70. The van der Waals surface area contributed by atoms with Crippen LogP contribution >= 0.6 is 0 Å². The molecule has 0 aliphatic rings. The van der Waals surface area contributed by atoms with Crippen LogP contribution in [0.4, 0.5) is 0 Å². The van der Waals surface area contributed by atoms with E-state index in [1.165, 1.54) is 32.9 Å².